The van der Waals surface area contributed by atoms with E-state index in [2.05, 4.69) is 30.2 Å². The Hall–Kier alpha value is -7.98. The van der Waals surface area contributed by atoms with Gasteiger partial charge >= 0.3 is 11.9 Å². The summed E-state index contributed by atoms with van der Waals surface area (Å²) in [6.45, 7) is 2.82. The second kappa shape index (κ2) is 21.2. The number of ether oxygens (including phenoxy) is 2. The van der Waals surface area contributed by atoms with Crippen molar-refractivity contribution in [3.05, 3.63) is 154 Å². The largest absolute Gasteiger partial charge is 0.463 e. The van der Waals surface area contributed by atoms with Crippen LogP contribution in [-0.2, 0) is 38.2 Å². The number of para-hydroxylation sites is 4. The van der Waals surface area contributed by atoms with Gasteiger partial charge in [0.15, 0.2) is 0 Å². The molecule has 0 bridgehead atoms. The quantitative estimate of drug-likeness (QED) is 0.0508. The number of esters is 2. The van der Waals surface area contributed by atoms with Gasteiger partial charge in [-0.25, -0.2) is 0 Å². The molecule has 1 fully saturated rings. The number of aromatic amines is 3. The zero-order chi connectivity index (χ0) is 51.1. The smallest absolute Gasteiger partial charge is 0.303 e. The van der Waals surface area contributed by atoms with Gasteiger partial charge in [-0.2, -0.15) is 0 Å². The fraction of sp³-hybridized carbons (Fsp3) is 0.228. The van der Waals surface area contributed by atoms with Crippen LogP contribution in [0.2, 0.25) is 10.3 Å². The second-order valence-corrected chi connectivity index (χ2v) is 18.9. The maximum absolute atomic E-state index is 13.2. The second-order valence-electron chi connectivity index (χ2n) is 18.2. The molecule has 0 radical (unpaired) electrons. The number of aliphatic hydroxyl groups is 1. The molecule has 4 aromatic heterocycles. The van der Waals surface area contributed by atoms with E-state index in [4.69, 9.17) is 37.8 Å². The van der Waals surface area contributed by atoms with E-state index in [0.717, 1.165) is 75.7 Å². The molecule has 1 saturated carbocycles. The monoisotopic (exact) mass is 1030 g/mol. The van der Waals surface area contributed by atoms with Crippen LogP contribution in [0.3, 0.4) is 0 Å². The van der Waals surface area contributed by atoms with Gasteiger partial charge in [0.2, 0.25) is 0 Å². The number of hydrogen-bond donors (Lipinski definition) is 6. The fourth-order valence-electron chi connectivity index (χ4n) is 10.4. The highest BCUT2D eigenvalue weighted by atomic mass is 35.5. The first-order valence-corrected chi connectivity index (χ1v) is 24.6. The lowest BCUT2D eigenvalue weighted by atomic mass is 9.92. The molecule has 0 unspecified atom stereocenters. The molecule has 12 rings (SSSR count). The van der Waals surface area contributed by atoms with Crippen molar-refractivity contribution < 1.29 is 43.3 Å². The van der Waals surface area contributed by atoms with Crippen LogP contribution in [0, 0.1) is 0 Å². The summed E-state index contributed by atoms with van der Waals surface area (Å²) in [4.78, 5) is 82.9. The number of aromatic nitrogens is 4. The highest BCUT2D eigenvalue weighted by Crippen LogP contribution is 2.46. The van der Waals surface area contributed by atoms with Crippen LogP contribution in [0.4, 0.5) is 0 Å². The Bertz CT molecular complexity index is 3660. The molecular formula is C57H52Cl2N6O9. The summed E-state index contributed by atoms with van der Waals surface area (Å²) in [6.07, 6.45) is 10.8. The third-order valence-electron chi connectivity index (χ3n) is 13.5. The van der Waals surface area contributed by atoms with Gasteiger partial charge in [0.1, 0.15) is 22.5 Å². The van der Waals surface area contributed by atoms with Crippen LogP contribution in [0.25, 0.3) is 65.9 Å². The number of benzene rings is 4. The minimum absolute atomic E-state index is 0. The molecular weight excluding hydrogens is 984 g/mol. The van der Waals surface area contributed by atoms with Crippen molar-refractivity contribution in [2.45, 2.75) is 84.2 Å². The lowest BCUT2D eigenvalue weighted by Gasteiger charge is -2.30. The number of hydrogen-bond acceptors (Lipinski definition) is 9. The Morgan fingerprint density at radius 1 is 0.568 bits per heavy atom. The third-order valence-corrected chi connectivity index (χ3v) is 14.2. The topological polar surface area (TPSA) is 217 Å². The van der Waals surface area contributed by atoms with Crippen molar-refractivity contribution in [1.29, 1.82) is 0 Å². The van der Waals surface area contributed by atoms with E-state index in [1.807, 2.05) is 97.1 Å². The molecule has 0 saturated heterocycles. The van der Waals surface area contributed by atoms with E-state index in [1.165, 1.54) is 13.8 Å². The zero-order valence-corrected chi connectivity index (χ0v) is 41.0. The molecule has 17 heteroatoms. The van der Waals surface area contributed by atoms with Crippen LogP contribution >= 0.6 is 23.2 Å². The van der Waals surface area contributed by atoms with Gasteiger partial charge in [-0.1, -0.05) is 110 Å². The number of imide groups is 2. The molecule has 6 N–H and O–H groups in total. The Balaban J connectivity index is 0.000000154. The van der Waals surface area contributed by atoms with E-state index in [0.29, 0.717) is 61.3 Å². The first-order chi connectivity index (χ1) is 35.3. The lowest BCUT2D eigenvalue weighted by molar-refractivity contribution is -0.148. The van der Waals surface area contributed by atoms with Gasteiger partial charge < -0.3 is 34.1 Å². The van der Waals surface area contributed by atoms with Crippen molar-refractivity contribution in [2.75, 3.05) is 0 Å². The summed E-state index contributed by atoms with van der Waals surface area (Å²) >= 11 is 13.5. The van der Waals surface area contributed by atoms with Crippen LogP contribution < -0.4 is 10.6 Å². The van der Waals surface area contributed by atoms with E-state index in [1.54, 1.807) is 24.5 Å². The predicted octanol–water partition coefficient (Wildman–Crippen LogP) is 10.5. The van der Waals surface area contributed by atoms with Crippen LogP contribution in [0.5, 0.6) is 0 Å². The predicted molar refractivity (Wildman–Crippen MR) is 287 cm³/mol. The number of fused-ring (bicyclic) bond motifs is 4. The molecule has 74 heavy (non-hydrogen) atoms. The van der Waals surface area contributed by atoms with E-state index < -0.39 is 23.6 Å². The molecule has 2 aliphatic carbocycles. The van der Waals surface area contributed by atoms with Gasteiger partial charge in [-0.15, -0.1) is 0 Å². The van der Waals surface area contributed by atoms with E-state index in [-0.39, 0.29) is 43.7 Å². The van der Waals surface area contributed by atoms with Crippen molar-refractivity contribution in [2.24, 2.45) is 0 Å². The summed E-state index contributed by atoms with van der Waals surface area (Å²) in [7, 11) is 0. The van der Waals surface area contributed by atoms with Gasteiger partial charge in [0, 0.05) is 92.6 Å². The Kier molecular flexibility index (Phi) is 14.6. The number of nitrogens with one attached hydrogen (secondary N) is 5. The third kappa shape index (κ3) is 9.69. The zero-order valence-electron chi connectivity index (χ0n) is 39.5. The number of aliphatic hydroxyl groups excluding tert-OH is 1. The number of amides is 4. The van der Waals surface area contributed by atoms with Crippen molar-refractivity contribution in [3.8, 4) is 0 Å². The van der Waals surface area contributed by atoms with Gasteiger partial charge in [0.25, 0.3) is 23.6 Å². The van der Waals surface area contributed by atoms with Gasteiger partial charge in [-0.05, 0) is 68.9 Å². The molecule has 6 heterocycles. The summed E-state index contributed by atoms with van der Waals surface area (Å²) in [5.41, 5.74) is 7.19. The Morgan fingerprint density at radius 2 is 1.05 bits per heavy atom. The number of nitrogens with zero attached hydrogens (tertiary/aromatic N) is 1. The van der Waals surface area contributed by atoms with Crippen LogP contribution in [0.1, 0.15) is 88.1 Å². The van der Waals surface area contributed by atoms with Crippen molar-refractivity contribution in [1.82, 2.24) is 30.2 Å². The minimum Gasteiger partial charge on any atom is -0.463 e. The number of carbonyl (C=O) groups is 6. The van der Waals surface area contributed by atoms with Gasteiger partial charge in [0.05, 0.1) is 33.9 Å². The fourth-order valence-corrected chi connectivity index (χ4v) is 11.1. The maximum Gasteiger partial charge on any atom is 0.303 e. The van der Waals surface area contributed by atoms with Gasteiger partial charge in [-0.3, -0.25) is 39.4 Å². The number of carbonyl (C=O) groups excluding carboxylic acids is 6. The van der Waals surface area contributed by atoms with E-state index in [9.17, 15) is 28.8 Å². The molecule has 2 atom stereocenters. The standard InChI is InChI=1S/C28H24ClN3O4.C20H12ClN3O2.C8H12O3.CH4/c1-15(33)36-17-12-10-16(11-13-17)32-22-9-5-3-7-19(22)23(26(32)29)25-24(27(34)31-28(25)35)20-14-30-21-8-4-2-6-18(20)21;21-18-15(11-6-2-4-8-14(11)23-18)17-16(19(25)24-20(17)26)12-9-22-13-7-3-1-5-10(12)13;1-6(9)11-8-4-2-7(10)3-5-8;/h2-9,14,16-17,30H,10-13H2,1H3,(H,31,34,35);1-9,22-23H,(H,24,25,26);2,4,7-8,10H,3,5H2,1H3;1H4/t;;7-,8+;/m..1./s1. The summed E-state index contributed by atoms with van der Waals surface area (Å²) in [6, 6.07) is 30.7. The highest BCUT2D eigenvalue weighted by Gasteiger charge is 2.39. The molecule has 4 amide bonds. The highest BCUT2D eigenvalue weighted by molar-refractivity contribution is 6.53. The average molecular weight is 1040 g/mol. The normalized spacial score (nSPS) is 19.5. The molecule has 4 aliphatic rings. The first kappa shape index (κ1) is 50.9. The van der Waals surface area contributed by atoms with Crippen molar-refractivity contribution >= 4 is 125 Å². The summed E-state index contributed by atoms with van der Waals surface area (Å²) in [5.74, 6) is -2.29. The molecule has 4 aromatic carbocycles. The molecule has 0 spiro atoms. The first-order valence-electron chi connectivity index (χ1n) is 23.9. The number of H-pyrrole nitrogens is 3. The van der Waals surface area contributed by atoms with E-state index >= 15 is 0 Å². The molecule has 8 aromatic rings. The SMILES string of the molecule is C.CC(=O)OC1CCC(n2c(Cl)c(C3=C(c4c[nH]c5ccccc45)C(=O)NC3=O)c3ccccc32)CC1.CC(=O)O[C@H]1C=C[C@@H](O)CC1.O=C1NC(=O)C(c2c(Cl)[nH]c3ccccc23)=C1c1c[nH]c2ccccc12. The minimum atomic E-state index is -0.455. The van der Waals surface area contributed by atoms with Crippen LogP contribution in [0.15, 0.2) is 122 Å². The summed E-state index contributed by atoms with van der Waals surface area (Å²) < 4.78 is 12.4. The summed E-state index contributed by atoms with van der Waals surface area (Å²) in [5, 5.41) is 18.1. The Labute approximate surface area is 434 Å². The molecule has 2 aliphatic heterocycles. The number of rotatable bonds is 7. The molecule has 15 nitrogen and oxygen atoms in total. The number of halogens is 2. The molecule has 378 valence electrons. The van der Waals surface area contributed by atoms with Crippen LogP contribution in [-0.4, -0.2) is 78.5 Å². The average Bonchev–Trinajstić information content (AvgIpc) is 4.23. The Morgan fingerprint density at radius 3 is 1.59 bits per heavy atom. The lowest BCUT2D eigenvalue weighted by Crippen LogP contribution is -2.25. The maximum atomic E-state index is 13.2. The van der Waals surface area contributed by atoms with Crippen molar-refractivity contribution in [3.63, 3.8) is 0 Å².